The maximum absolute atomic E-state index is 5.23. The molecule has 0 saturated carbocycles. The van der Waals surface area contributed by atoms with E-state index < -0.39 is 0 Å². The van der Waals surface area contributed by atoms with Crippen molar-refractivity contribution >= 4 is 15.9 Å². The highest BCUT2D eigenvalue weighted by Gasteiger charge is 2.12. The summed E-state index contributed by atoms with van der Waals surface area (Å²) in [5, 5.41) is 3.42. The lowest BCUT2D eigenvalue weighted by Gasteiger charge is -2.19. The van der Waals surface area contributed by atoms with E-state index in [1.54, 1.807) is 7.11 Å². The number of benzene rings is 1. The average molecular weight is 272 g/mol. The van der Waals surface area contributed by atoms with Gasteiger partial charge in [0.15, 0.2) is 0 Å². The fourth-order valence-corrected chi connectivity index (χ4v) is 2.04. The molecule has 0 aliphatic carbocycles. The molecule has 15 heavy (non-hydrogen) atoms. The van der Waals surface area contributed by atoms with Crippen LogP contribution >= 0.6 is 15.9 Å². The Labute approximate surface area is 100 Å². The fourth-order valence-electron chi connectivity index (χ4n) is 1.66. The lowest BCUT2D eigenvalue weighted by molar-refractivity contribution is 0.167. The van der Waals surface area contributed by atoms with Crippen LogP contribution in [0.1, 0.15) is 24.1 Å². The van der Waals surface area contributed by atoms with E-state index in [1.807, 2.05) is 0 Å². The largest absolute Gasteiger partial charge is 0.383 e. The van der Waals surface area contributed by atoms with E-state index in [9.17, 15) is 0 Å². The van der Waals surface area contributed by atoms with Gasteiger partial charge in [0, 0.05) is 11.6 Å². The number of hydrogen-bond donors (Lipinski definition) is 1. The van der Waals surface area contributed by atoms with Crippen LogP contribution in [0.5, 0.6) is 0 Å². The van der Waals surface area contributed by atoms with Crippen molar-refractivity contribution in [3.63, 3.8) is 0 Å². The Morgan fingerprint density at radius 2 is 2.20 bits per heavy atom. The van der Waals surface area contributed by atoms with Gasteiger partial charge in [-0.2, -0.15) is 0 Å². The van der Waals surface area contributed by atoms with Gasteiger partial charge in [0.2, 0.25) is 0 Å². The molecule has 0 saturated heterocycles. The molecular weight excluding hydrogens is 254 g/mol. The van der Waals surface area contributed by atoms with Crippen LogP contribution in [0.4, 0.5) is 0 Å². The van der Waals surface area contributed by atoms with E-state index in [4.69, 9.17) is 4.74 Å². The molecule has 0 fully saturated rings. The maximum atomic E-state index is 5.23. The lowest BCUT2D eigenvalue weighted by atomic mass is 10.0. The summed E-state index contributed by atoms with van der Waals surface area (Å²) in [7, 11) is 1.73. The van der Waals surface area contributed by atoms with Crippen LogP contribution < -0.4 is 5.32 Å². The number of ether oxygens (including phenoxy) is 1. The Bertz CT molecular complexity index is 308. The van der Waals surface area contributed by atoms with Gasteiger partial charge in [-0.25, -0.2) is 0 Å². The molecule has 0 amide bonds. The maximum Gasteiger partial charge on any atom is 0.0657 e. The molecule has 1 atom stereocenters. The molecular formula is C12H18BrNO. The van der Waals surface area contributed by atoms with Crippen LogP contribution in [0.25, 0.3) is 0 Å². The normalized spacial score (nSPS) is 12.8. The van der Waals surface area contributed by atoms with E-state index in [2.05, 4.69) is 53.3 Å². The summed E-state index contributed by atoms with van der Waals surface area (Å²) in [5.74, 6) is 0. The third-order valence-electron chi connectivity index (χ3n) is 2.40. The molecule has 1 aromatic rings. The van der Waals surface area contributed by atoms with Gasteiger partial charge in [-0.3, -0.25) is 0 Å². The summed E-state index contributed by atoms with van der Waals surface area (Å²) in [6.45, 7) is 5.88. The highest BCUT2D eigenvalue weighted by molar-refractivity contribution is 9.10. The van der Waals surface area contributed by atoms with E-state index in [1.165, 1.54) is 11.1 Å². The zero-order valence-corrected chi connectivity index (χ0v) is 11.1. The number of aryl methyl sites for hydroxylation is 1. The molecule has 0 spiro atoms. The van der Waals surface area contributed by atoms with E-state index in [0.717, 1.165) is 11.0 Å². The SMILES string of the molecule is CCNC(COC)c1cc(Br)ccc1C. The first-order valence-corrected chi connectivity index (χ1v) is 5.96. The molecule has 3 heteroatoms. The minimum atomic E-state index is 0.275. The number of methoxy groups -OCH3 is 1. The molecule has 0 radical (unpaired) electrons. The highest BCUT2D eigenvalue weighted by Crippen LogP contribution is 2.22. The van der Waals surface area contributed by atoms with Gasteiger partial charge in [-0.15, -0.1) is 0 Å². The first-order valence-electron chi connectivity index (χ1n) is 5.17. The fraction of sp³-hybridized carbons (Fsp3) is 0.500. The summed E-state index contributed by atoms with van der Waals surface area (Å²) < 4.78 is 6.34. The van der Waals surface area contributed by atoms with Gasteiger partial charge in [-0.05, 0) is 36.7 Å². The molecule has 0 bridgehead atoms. The molecule has 1 unspecified atom stereocenters. The third-order valence-corrected chi connectivity index (χ3v) is 2.89. The Kier molecular flexibility index (Phi) is 5.29. The molecule has 0 aromatic heterocycles. The second-order valence-electron chi connectivity index (χ2n) is 3.57. The molecule has 1 N–H and O–H groups in total. The van der Waals surface area contributed by atoms with Crippen molar-refractivity contribution in [2.24, 2.45) is 0 Å². The molecule has 84 valence electrons. The first-order chi connectivity index (χ1) is 7.19. The van der Waals surface area contributed by atoms with Crippen molar-refractivity contribution in [3.05, 3.63) is 33.8 Å². The van der Waals surface area contributed by atoms with Crippen molar-refractivity contribution in [1.82, 2.24) is 5.32 Å². The van der Waals surface area contributed by atoms with Crippen molar-refractivity contribution in [3.8, 4) is 0 Å². The number of likely N-dealkylation sites (N-methyl/N-ethyl adjacent to an activating group) is 1. The summed E-state index contributed by atoms with van der Waals surface area (Å²) in [6.07, 6.45) is 0. The second-order valence-corrected chi connectivity index (χ2v) is 4.48. The topological polar surface area (TPSA) is 21.3 Å². The van der Waals surface area contributed by atoms with Crippen molar-refractivity contribution in [1.29, 1.82) is 0 Å². The average Bonchev–Trinajstić information content (AvgIpc) is 2.21. The number of hydrogen-bond acceptors (Lipinski definition) is 2. The molecule has 2 nitrogen and oxygen atoms in total. The van der Waals surface area contributed by atoms with Crippen molar-refractivity contribution < 1.29 is 4.74 Å². The summed E-state index contributed by atoms with van der Waals surface area (Å²) in [6, 6.07) is 6.62. The number of rotatable bonds is 5. The third kappa shape index (κ3) is 3.59. The predicted octanol–water partition coefficient (Wildman–Crippen LogP) is 3.05. The van der Waals surface area contributed by atoms with E-state index >= 15 is 0 Å². The Balaban J connectivity index is 2.93. The highest BCUT2D eigenvalue weighted by atomic mass is 79.9. The van der Waals surface area contributed by atoms with Gasteiger partial charge in [0.25, 0.3) is 0 Å². The monoisotopic (exact) mass is 271 g/mol. The molecule has 0 aliphatic heterocycles. The van der Waals surface area contributed by atoms with Gasteiger partial charge >= 0.3 is 0 Å². The van der Waals surface area contributed by atoms with Gasteiger partial charge in [0.05, 0.1) is 12.6 Å². The van der Waals surface area contributed by atoms with Crippen molar-refractivity contribution in [2.45, 2.75) is 19.9 Å². The molecule has 1 aromatic carbocycles. The van der Waals surface area contributed by atoms with Crippen LogP contribution in [0.15, 0.2) is 22.7 Å². The number of halogens is 1. The first kappa shape index (κ1) is 12.7. The zero-order chi connectivity index (χ0) is 11.3. The Morgan fingerprint density at radius 1 is 1.47 bits per heavy atom. The molecule has 0 heterocycles. The Morgan fingerprint density at radius 3 is 2.80 bits per heavy atom. The number of nitrogens with one attached hydrogen (secondary N) is 1. The standard InChI is InChI=1S/C12H18BrNO/c1-4-14-12(8-15-3)11-7-10(13)6-5-9(11)2/h5-7,12,14H,4,8H2,1-3H3. The van der Waals surface area contributed by atoms with Crippen molar-refractivity contribution in [2.75, 3.05) is 20.3 Å². The van der Waals surface area contributed by atoms with Crippen LogP contribution in [-0.2, 0) is 4.74 Å². The van der Waals surface area contributed by atoms with Crippen LogP contribution in [-0.4, -0.2) is 20.3 Å². The van der Waals surface area contributed by atoms with Gasteiger partial charge < -0.3 is 10.1 Å². The van der Waals surface area contributed by atoms with Crippen LogP contribution in [0.2, 0.25) is 0 Å². The van der Waals surface area contributed by atoms with Gasteiger partial charge in [-0.1, -0.05) is 28.9 Å². The van der Waals surface area contributed by atoms with Gasteiger partial charge in [0.1, 0.15) is 0 Å². The summed E-state index contributed by atoms with van der Waals surface area (Å²) in [5.41, 5.74) is 2.59. The molecule has 1 rings (SSSR count). The van der Waals surface area contributed by atoms with E-state index in [-0.39, 0.29) is 6.04 Å². The Hall–Kier alpha value is -0.380. The minimum absolute atomic E-state index is 0.275. The quantitative estimate of drug-likeness (QED) is 0.889. The minimum Gasteiger partial charge on any atom is -0.383 e. The summed E-state index contributed by atoms with van der Waals surface area (Å²) in [4.78, 5) is 0. The second kappa shape index (κ2) is 6.26. The van der Waals surface area contributed by atoms with Crippen LogP contribution in [0.3, 0.4) is 0 Å². The summed E-state index contributed by atoms with van der Waals surface area (Å²) >= 11 is 3.50. The van der Waals surface area contributed by atoms with E-state index in [0.29, 0.717) is 6.61 Å². The smallest absolute Gasteiger partial charge is 0.0657 e. The molecule has 0 aliphatic rings. The lowest BCUT2D eigenvalue weighted by Crippen LogP contribution is -2.25. The van der Waals surface area contributed by atoms with Crippen LogP contribution in [0, 0.1) is 6.92 Å². The zero-order valence-electron chi connectivity index (χ0n) is 9.51. The predicted molar refractivity (Wildman–Crippen MR) is 67.2 cm³/mol.